The van der Waals surface area contributed by atoms with Crippen molar-refractivity contribution >= 4 is 5.95 Å². The van der Waals surface area contributed by atoms with Gasteiger partial charge in [0.2, 0.25) is 5.95 Å². The lowest BCUT2D eigenvalue weighted by Crippen LogP contribution is -2.47. The molecule has 1 aliphatic rings. The van der Waals surface area contributed by atoms with Gasteiger partial charge in [0, 0.05) is 44.7 Å². The molecule has 9 heteroatoms. The lowest BCUT2D eigenvalue weighted by atomic mass is 10.1. The second-order valence-electron chi connectivity index (χ2n) is 6.38. The molecule has 1 saturated heterocycles. The Morgan fingerprint density at radius 3 is 2.64 bits per heavy atom. The van der Waals surface area contributed by atoms with Crippen LogP contribution in [0.2, 0.25) is 0 Å². The van der Waals surface area contributed by atoms with E-state index in [0.717, 1.165) is 17.5 Å². The van der Waals surface area contributed by atoms with Crippen LogP contribution in [0.4, 0.5) is 14.7 Å². The first-order valence-corrected chi connectivity index (χ1v) is 8.23. The van der Waals surface area contributed by atoms with E-state index in [1.165, 1.54) is 6.39 Å². The number of oxazole rings is 1. The molecule has 1 N–H and O–H groups in total. The van der Waals surface area contributed by atoms with Crippen molar-refractivity contribution in [3.8, 4) is 0 Å². The molecule has 0 spiro atoms. The number of rotatable bonds is 5. The molecule has 0 aromatic carbocycles. The molecule has 25 heavy (non-hydrogen) atoms. The third kappa shape index (κ3) is 4.04. The van der Waals surface area contributed by atoms with Crippen molar-refractivity contribution in [3.63, 3.8) is 0 Å². The maximum absolute atomic E-state index is 12.8. The number of piperazine rings is 1. The quantitative estimate of drug-likeness (QED) is 0.887. The Morgan fingerprint density at radius 2 is 2.00 bits per heavy atom. The summed E-state index contributed by atoms with van der Waals surface area (Å²) in [5.74, 6) is 1.36. The first-order chi connectivity index (χ1) is 11.9. The zero-order valence-electron chi connectivity index (χ0n) is 14.2. The zero-order chi connectivity index (χ0) is 18.0. The highest BCUT2D eigenvalue weighted by molar-refractivity contribution is 5.31. The van der Waals surface area contributed by atoms with Gasteiger partial charge in [0.1, 0.15) is 11.5 Å². The van der Waals surface area contributed by atoms with Gasteiger partial charge in [0.05, 0.1) is 5.69 Å². The third-order valence-corrected chi connectivity index (χ3v) is 4.21. The number of hydrogen-bond acceptors (Lipinski definition) is 6. The van der Waals surface area contributed by atoms with Gasteiger partial charge in [-0.25, -0.2) is 18.7 Å². The summed E-state index contributed by atoms with van der Waals surface area (Å²) >= 11 is 0. The number of aromatic nitrogens is 3. The first kappa shape index (κ1) is 17.5. The van der Waals surface area contributed by atoms with E-state index in [-0.39, 0.29) is 11.9 Å². The molecule has 3 heterocycles. The monoisotopic (exact) mass is 353 g/mol. The molecular formula is C16H21F2N5O2. The second kappa shape index (κ2) is 7.30. The molecule has 0 radical (unpaired) electrons. The number of H-pyrrole nitrogens is 1. The van der Waals surface area contributed by atoms with E-state index in [9.17, 15) is 13.6 Å². The molecular weight excluding hydrogens is 332 g/mol. The van der Waals surface area contributed by atoms with Crippen molar-refractivity contribution in [2.45, 2.75) is 32.7 Å². The van der Waals surface area contributed by atoms with Crippen LogP contribution in [-0.2, 0) is 6.54 Å². The molecule has 2 aromatic heterocycles. The summed E-state index contributed by atoms with van der Waals surface area (Å²) in [4.78, 5) is 26.3. The van der Waals surface area contributed by atoms with E-state index in [4.69, 9.17) is 4.42 Å². The number of alkyl halides is 2. The average Bonchev–Trinajstić information content (AvgIpc) is 3.03. The highest BCUT2D eigenvalue weighted by Crippen LogP contribution is 2.21. The topological polar surface area (TPSA) is 78.3 Å². The summed E-state index contributed by atoms with van der Waals surface area (Å²) in [6.07, 6.45) is -1.30. The van der Waals surface area contributed by atoms with E-state index in [1.807, 2.05) is 4.90 Å². The fourth-order valence-corrected chi connectivity index (χ4v) is 2.92. The van der Waals surface area contributed by atoms with Crippen molar-refractivity contribution in [3.05, 3.63) is 40.0 Å². The summed E-state index contributed by atoms with van der Waals surface area (Å²) in [7, 11) is 0. The Kier molecular flexibility index (Phi) is 5.12. The van der Waals surface area contributed by atoms with Crippen LogP contribution in [0.5, 0.6) is 0 Å². The summed E-state index contributed by atoms with van der Waals surface area (Å²) in [5.41, 5.74) is -0.132. The van der Waals surface area contributed by atoms with Crippen LogP contribution < -0.4 is 10.5 Å². The summed E-state index contributed by atoms with van der Waals surface area (Å²) in [5, 5.41) is 0. The van der Waals surface area contributed by atoms with Crippen molar-refractivity contribution in [2.24, 2.45) is 0 Å². The number of hydrogen-bond donors (Lipinski definition) is 1. The minimum Gasteiger partial charge on any atom is -0.448 e. The van der Waals surface area contributed by atoms with Gasteiger partial charge in [-0.1, -0.05) is 13.8 Å². The maximum Gasteiger partial charge on any atom is 0.280 e. The molecule has 0 unspecified atom stereocenters. The van der Waals surface area contributed by atoms with E-state index in [1.54, 1.807) is 0 Å². The molecule has 136 valence electrons. The molecule has 2 aromatic rings. The molecule has 0 amide bonds. The average molecular weight is 353 g/mol. The van der Waals surface area contributed by atoms with E-state index >= 15 is 0 Å². The van der Waals surface area contributed by atoms with Gasteiger partial charge in [-0.3, -0.25) is 14.7 Å². The largest absolute Gasteiger partial charge is 0.448 e. The predicted octanol–water partition coefficient (Wildman–Crippen LogP) is 2.14. The molecule has 0 saturated carbocycles. The van der Waals surface area contributed by atoms with Crippen molar-refractivity contribution < 1.29 is 13.2 Å². The fourth-order valence-electron chi connectivity index (χ4n) is 2.92. The SMILES string of the molecule is CC(C)c1ocnc1CN1CCN(c2nc(C(F)F)cc(=O)[nH]2)CC1. The molecule has 7 nitrogen and oxygen atoms in total. The van der Waals surface area contributed by atoms with Crippen LogP contribution >= 0.6 is 0 Å². The van der Waals surface area contributed by atoms with Crippen LogP contribution in [0, 0.1) is 0 Å². The van der Waals surface area contributed by atoms with Gasteiger partial charge in [-0.15, -0.1) is 0 Å². The van der Waals surface area contributed by atoms with Crippen molar-refractivity contribution in [2.75, 3.05) is 31.1 Å². The van der Waals surface area contributed by atoms with Gasteiger partial charge >= 0.3 is 0 Å². The van der Waals surface area contributed by atoms with Crippen molar-refractivity contribution in [1.29, 1.82) is 0 Å². The van der Waals surface area contributed by atoms with Gasteiger partial charge < -0.3 is 9.32 Å². The van der Waals surface area contributed by atoms with Crippen LogP contribution in [-0.4, -0.2) is 46.0 Å². The van der Waals surface area contributed by atoms with Crippen LogP contribution in [0.3, 0.4) is 0 Å². The van der Waals surface area contributed by atoms with Crippen LogP contribution in [0.25, 0.3) is 0 Å². The Hall–Kier alpha value is -2.29. The van der Waals surface area contributed by atoms with E-state index < -0.39 is 17.7 Å². The minimum atomic E-state index is -2.76. The Morgan fingerprint density at radius 1 is 1.28 bits per heavy atom. The Bertz CT molecular complexity index is 766. The summed E-state index contributed by atoms with van der Waals surface area (Å²) < 4.78 is 31.1. The predicted molar refractivity (Wildman–Crippen MR) is 87.9 cm³/mol. The molecule has 3 rings (SSSR count). The normalized spacial score (nSPS) is 16.2. The maximum atomic E-state index is 12.8. The van der Waals surface area contributed by atoms with E-state index in [0.29, 0.717) is 32.7 Å². The molecule has 0 bridgehead atoms. The lowest BCUT2D eigenvalue weighted by molar-refractivity contribution is 0.145. The molecule has 0 aliphatic carbocycles. The highest BCUT2D eigenvalue weighted by atomic mass is 19.3. The fraction of sp³-hybridized carbons (Fsp3) is 0.562. The molecule has 0 atom stereocenters. The zero-order valence-corrected chi connectivity index (χ0v) is 14.2. The lowest BCUT2D eigenvalue weighted by Gasteiger charge is -2.34. The van der Waals surface area contributed by atoms with Gasteiger partial charge in [-0.05, 0) is 0 Å². The summed E-state index contributed by atoms with van der Waals surface area (Å²) in [6.45, 7) is 7.40. The second-order valence-corrected chi connectivity index (χ2v) is 6.38. The van der Waals surface area contributed by atoms with Crippen LogP contribution in [0.1, 0.15) is 43.3 Å². The number of aromatic amines is 1. The standard InChI is InChI=1S/C16H21F2N5O2/c1-10(2)14-12(19-9-25-14)8-22-3-5-23(6-4-22)16-20-11(15(17)18)7-13(24)21-16/h7,9-10,15H,3-6,8H2,1-2H3,(H,20,21,24). The number of halogens is 2. The Balaban J connectivity index is 1.64. The molecule has 1 fully saturated rings. The Labute approximate surface area is 143 Å². The van der Waals surface area contributed by atoms with Gasteiger partial charge in [0.25, 0.3) is 12.0 Å². The van der Waals surface area contributed by atoms with Crippen LogP contribution in [0.15, 0.2) is 21.7 Å². The van der Waals surface area contributed by atoms with Gasteiger partial charge in [-0.2, -0.15) is 0 Å². The minimum absolute atomic E-state index is 0.201. The molecule has 1 aliphatic heterocycles. The first-order valence-electron chi connectivity index (χ1n) is 8.23. The highest BCUT2D eigenvalue weighted by Gasteiger charge is 2.23. The number of nitrogens with zero attached hydrogens (tertiary/aromatic N) is 4. The van der Waals surface area contributed by atoms with E-state index in [2.05, 4.69) is 33.7 Å². The smallest absolute Gasteiger partial charge is 0.280 e. The summed E-state index contributed by atoms with van der Waals surface area (Å²) in [6, 6.07) is 0.836. The van der Waals surface area contributed by atoms with Gasteiger partial charge in [0.15, 0.2) is 6.39 Å². The number of nitrogens with one attached hydrogen (secondary N) is 1. The number of anilines is 1. The van der Waals surface area contributed by atoms with Crippen molar-refractivity contribution in [1.82, 2.24) is 19.9 Å². The third-order valence-electron chi connectivity index (χ3n) is 4.21.